The van der Waals surface area contributed by atoms with Crippen LogP contribution >= 0.6 is 0 Å². The number of benzene rings is 1. The summed E-state index contributed by atoms with van der Waals surface area (Å²) in [5.74, 6) is 1.13. The zero-order valence-electron chi connectivity index (χ0n) is 13.7. The van der Waals surface area contributed by atoms with Gasteiger partial charge in [0.15, 0.2) is 11.6 Å². The number of nitrogens with zero attached hydrogens (tertiary/aromatic N) is 6. The van der Waals surface area contributed by atoms with Crippen molar-refractivity contribution in [2.24, 2.45) is 0 Å². The maximum absolute atomic E-state index is 13.4. The quantitative estimate of drug-likeness (QED) is 0.726. The molecule has 0 N–H and O–H groups in total. The van der Waals surface area contributed by atoms with Gasteiger partial charge in [-0.1, -0.05) is 12.1 Å². The van der Waals surface area contributed by atoms with Gasteiger partial charge >= 0.3 is 0 Å². The summed E-state index contributed by atoms with van der Waals surface area (Å²) in [4.78, 5) is 18.5. The van der Waals surface area contributed by atoms with Gasteiger partial charge in [-0.2, -0.15) is 0 Å². The normalized spacial score (nSPS) is 17.0. The van der Waals surface area contributed by atoms with Crippen LogP contribution in [-0.2, 0) is 24.4 Å². The minimum Gasteiger partial charge on any atom is -0.330 e. The van der Waals surface area contributed by atoms with Crippen molar-refractivity contribution in [3.63, 3.8) is 0 Å². The van der Waals surface area contributed by atoms with Crippen LogP contribution in [0.15, 0.2) is 43.0 Å². The Kier molecular flexibility index (Phi) is 3.79. The summed E-state index contributed by atoms with van der Waals surface area (Å²) in [6.45, 7) is 3.06. The number of amides is 1. The predicted octanol–water partition coefficient (Wildman–Crippen LogP) is 1.77. The average molecular weight is 340 g/mol. The van der Waals surface area contributed by atoms with E-state index in [0.717, 1.165) is 17.2 Å². The maximum Gasteiger partial charge on any atom is 0.246 e. The Labute approximate surface area is 143 Å². The smallest absolute Gasteiger partial charge is 0.246 e. The van der Waals surface area contributed by atoms with E-state index in [0.29, 0.717) is 19.6 Å². The van der Waals surface area contributed by atoms with Crippen LogP contribution in [0.2, 0.25) is 0 Å². The second-order valence-electron chi connectivity index (χ2n) is 6.14. The number of rotatable bonds is 4. The average Bonchev–Trinajstić information content (AvgIpc) is 3.23. The number of hydrogen-bond acceptors (Lipinski definition) is 4. The van der Waals surface area contributed by atoms with E-state index in [9.17, 15) is 9.18 Å². The number of halogens is 1. The van der Waals surface area contributed by atoms with E-state index >= 15 is 0 Å². The molecule has 0 spiro atoms. The third-order valence-electron chi connectivity index (χ3n) is 4.37. The summed E-state index contributed by atoms with van der Waals surface area (Å²) in [6, 6.07) is 5.90. The second kappa shape index (κ2) is 6.12. The number of carbonyl (C=O) groups is 1. The van der Waals surface area contributed by atoms with Gasteiger partial charge in [0.2, 0.25) is 5.91 Å². The Hall–Kier alpha value is -3.03. The Bertz CT molecular complexity index is 904. The van der Waals surface area contributed by atoms with Gasteiger partial charge in [0.05, 0.1) is 19.4 Å². The Morgan fingerprint density at radius 3 is 2.92 bits per heavy atom. The highest BCUT2D eigenvalue weighted by Crippen LogP contribution is 2.24. The molecule has 0 unspecified atom stereocenters. The molecule has 1 amide bonds. The minimum atomic E-state index is -0.397. The van der Waals surface area contributed by atoms with Crippen molar-refractivity contribution in [3.05, 3.63) is 66.0 Å². The molecular formula is C17H17FN6O. The molecule has 3 heterocycles. The Morgan fingerprint density at radius 1 is 1.28 bits per heavy atom. The van der Waals surface area contributed by atoms with Crippen molar-refractivity contribution in [1.82, 2.24) is 29.2 Å². The van der Waals surface area contributed by atoms with Crippen molar-refractivity contribution >= 4 is 5.91 Å². The summed E-state index contributed by atoms with van der Waals surface area (Å²) in [6.07, 6.45) is 5.24. The molecule has 4 rings (SSSR count). The first-order valence-electron chi connectivity index (χ1n) is 8.03. The molecule has 0 aliphatic carbocycles. The van der Waals surface area contributed by atoms with Crippen LogP contribution in [0.4, 0.5) is 4.39 Å². The van der Waals surface area contributed by atoms with Crippen LogP contribution in [0.1, 0.15) is 30.2 Å². The summed E-state index contributed by atoms with van der Waals surface area (Å²) in [7, 11) is 0. The fourth-order valence-electron chi connectivity index (χ4n) is 3.18. The molecule has 0 fully saturated rings. The van der Waals surface area contributed by atoms with Crippen LogP contribution in [0.25, 0.3) is 0 Å². The van der Waals surface area contributed by atoms with E-state index in [-0.39, 0.29) is 11.7 Å². The molecule has 128 valence electrons. The van der Waals surface area contributed by atoms with Gasteiger partial charge in [-0.05, 0) is 24.6 Å². The lowest BCUT2D eigenvalue weighted by Crippen LogP contribution is -2.41. The van der Waals surface area contributed by atoms with Crippen LogP contribution in [0.3, 0.4) is 0 Å². The molecular weight excluding hydrogens is 323 g/mol. The van der Waals surface area contributed by atoms with Gasteiger partial charge in [-0.25, -0.2) is 9.37 Å². The molecule has 2 aromatic heterocycles. The molecule has 0 saturated heterocycles. The van der Waals surface area contributed by atoms with E-state index in [4.69, 9.17) is 0 Å². The van der Waals surface area contributed by atoms with Crippen molar-refractivity contribution in [1.29, 1.82) is 0 Å². The van der Waals surface area contributed by atoms with Gasteiger partial charge in [0, 0.05) is 18.9 Å². The number of carbonyl (C=O) groups excluding carboxylic acids is 1. The first kappa shape index (κ1) is 15.5. The molecule has 7 nitrogen and oxygen atoms in total. The van der Waals surface area contributed by atoms with Gasteiger partial charge in [0.25, 0.3) is 0 Å². The largest absolute Gasteiger partial charge is 0.330 e. The van der Waals surface area contributed by atoms with Gasteiger partial charge in [-0.3, -0.25) is 9.36 Å². The van der Waals surface area contributed by atoms with Gasteiger partial charge < -0.3 is 9.47 Å². The van der Waals surface area contributed by atoms with Gasteiger partial charge in [-0.15, -0.1) is 10.2 Å². The topological polar surface area (TPSA) is 68.8 Å². The number of fused-ring (bicyclic) bond motifs is 1. The zero-order valence-corrected chi connectivity index (χ0v) is 13.7. The molecule has 1 atom stereocenters. The zero-order chi connectivity index (χ0) is 17.4. The highest BCUT2D eigenvalue weighted by atomic mass is 19.1. The van der Waals surface area contributed by atoms with Crippen molar-refractivity contribution < 1.29 is 9.18 Å². The molecule has 3 aromatic rings. The van der Waals surface area contributed by atoms with Crippen molar-refractivity contribution in [2.75, 3.05) is 0 Å². The molecule has 1 aliphatic heterocycles. The van der Waals surface area contributed by atoms with E-state index in [1.807, 2.05) is 28.3 Å². The predicted molar refractivity (Wildman–Crippen MR) is 86.7 cm³/mol. The van der Waals surface area contributed by atoms with E-state index in [1.165, 1.54) is 12.1 Å². The van der Waals surface area contributed by atoms with Crippen LogP contribution < -0.4 is 0 Å². The van der Waals surface area contributed by atoms with Crippen LogP contribution in [0.5, 0.6) is 0 Å². The van der Waals surface area contributed by atoms with Crippen LogP contribution in [-0.4, -0.2) is 35.1 Å². The van der Waals surface area contributed by atoms with Crippen molar-refractivity contribution in [3.8, 4) is 0 Å². The number of aromatic nitrogens is 5. The van der Waals surface area contributed by atoms with E-state index in [2.05, 4.69) is 15.2 Å². The second-order valence-corrected chi connectivity index (χ2v) is 6.14. The highest BCUT2D eigenvalue weighted by molar-refractivity contribution is 5.81. The standard InChI is InChI=1S/C17H17FN6O/c1-12-17(25)23(8-13-3-2-4-14(18)7-13)10-16-21-20-15(24(12)16)9-22-6-5-19-11-22/h2-7,11-12H,8-10H2,1H3/t12-/m0/s1. The summed E-state index contributed by atoms with van der Waals surface area (Å²) >= 11 is 0. The fourth-order valence-corrected chi connectivity index (χ4v) is 3.18. The molecule has 0 bridgehead atoms. The van der Waals surface area contributed by atoms with E-state index < -0.39 is 6.04 Å². The van der Waals surface area contributed by atoms with Crippen molar-refractivity contribution in [2.45, 2.75) is 32.6 Å². The summed E-state index contributed by atoms with van der Waals surface area (Å²) in [5.41, 5.74) is 0.757. The molecule has 8 heteroatoms. The third kappa shape index (κ3) is 2.90. The summed E-state index contributed by atoms with van der Waals surface area (Å²) < 4.78 is 17.1. The third-order valence-corrected chi connectivity index (χ3v) is 4.37. The first-order chi connectivity index (χ1) is 12.1. The Balaban J connectivity index is 1.59. The summed E-state index contributed by atoms with van der Waals surface area (Å²) in [5, 5.41) is 8.48. The fraction of sp³-hybridized carbons (Fsp3) is 0.294. The molecule has 0 saturated carbocycles. The van der Waals surface area contributed by atoms with Crippen LogP contribution in [0, 0.1) is 5.82 Å². The molecule has 0 radical (unpaired) electrons. The Morgan fingerprint density at radius 2 is 2.16 bits per heavy atom. The first-order valence-corrected chi connectivity index (χ1v) is 8.03. The SMILES string of the molecule is C[C@H]1C(=O)N(Cc2cccc(F)c2)Cc2nnc(Cn3ccnc3)n21. The lowest BCUT2D eigenvalue weighted by Gasteiger charge is -2.32. The molecule has 25 heavy (non-hydrogen) atoms. The maximum atomic E-state index is 13.4. The number of hydrogen-bond donors (Lipinski definition) is 0. The van der Waals surface area contributed by atoms with E-state index in [1.54, 1.807) is 23.5 Å². The monoisotopic (exact) mass is 340 g/mol. The number of imidazole rings is 1. The highest BCUT2D eigenvalue weighted by Gasteiger charge is 2.33. The molecule has 1 aliphatic rings. The molecule has 1 aromatic carbocycles. The van der Waals surface area contributed by atoms with Gasteiger partial charge in [0.1, 0.15) is 11.9 Å². The lowest BCUT2D eigenvalue weighted by atomic mass is 10.1. The lowest BCUT2D eigenvalue weighted by molar-refractivity contribution is -0.137. The minimum absolute atomic E-state index is 0.0246.